The molecule has 0 spiro atoms. The van der Waals surface area contributed by atoms with Gasteiger partial charge in [-0.3, -0.25) is 14.9 Å². The van der Waals surface area contributed by atoms with Gasteiger partial charge in [0.1, 0.15) is 0 Å². The van der Waals surface area contributed by atoms with Crippen molar-refractivity contribution < 1.29 is 14.5 Å². The molecule has 7 nitrogen and oxygen atoms in total. The Labute approximate surface area is 172 Å². The van der Waals surface area contributed by atoms with E-state index < -0.39 is 10.8 Å². The van der Waals surface area contributed by atoms with E-state index in [1.54, 1.807) is 41.3 Å². The molecule has 2 heterocycles. The zero-order valence-electron chi connectivity index (χ0n) is 15.9. The molecule has 0 saturated carbocycles. The predicted octanol–water partition coefficient (Wildman–Crippen LogP) is 4.55. The number of hydrogen-bond acceptors (Lipinski definition) is 5. The molecule has 2 aromatic carbocycles. The van der Waals surface area contributed by atoms with Gasteiger partial charge < -0.3 is 4.90 Å². The number of anilines is 1. The van der Waals surface area contributed by atoms with Gasteiger partial charge in [0.05, 0.1) is 21.9 Å². The number of rotatable bonds is 4. The fourth-order valence-corrected chi connectivity index (χ4v) is 5.11. The van der Waals surface area contributed by atoms with Crippen LogP contribution >= 0.6 is 11.8 Å². The van der Waals surface area contributed by atoms with Crippen LogP contribution in [0.25, 0.3) is 0 Å². The van der Waals surface area contributed by atoms with Crippen molar-refractivity contribution in [2.75, 3.05) is 4.90 Å². The van der Waals surface area contributed by atoms with Gasteiger partial charge in [-0.2, -0.15) is 0 Å². The summed E-state index contributed by atoms with van der Waals surface area (Å²) < 4.78 is 0. The maximum atomic E-state index is 13.4. The van der Waals surface area contributed by atoms with Crippen LogP contribution in [-0.2, 0) is 11.3 Å². The molecule has 0 bridgehead atoms. The Hall–Kier alpha value is -3.13. The first kappa shape index (κ1) is 19.2. The number of carbonyl (C=O) groups is 2. The molecule has 2 aliphatic rings. The minimum atomic E-state index is -0.453. The van der Waals surface area contributed by atoms with Gasteiger partial charge in [0.25, 0.3) is 5.69 Å². The summed E-state index contributed by atoms with van der Waals surface area (Å²) in [5.74, 6) is -0.621. The van der Waals surface area contributed by atoms with E-state index in [0.717, 1.165) is 16.0 Å². The molecule has 29 heavy (non-hydrogen) atoms. The number of imide groups is 1. The van der Waals surface area contributed by atoms with E-state index in [0.29, 0.717) is 5.69 Å². The summed E-state index contributed by atoms with van der Waals surface area (Å²) in [6.07, 6.45) is 0. The SMILES string of the molecule is CC1=C(C)C2C(=O)N(c3ccccc3)C(=O)N(Cc3ccc([N+](=O)[O-])cc3)C2S1. The number of carbonyl (C=O) groups excluding carboxylic acids is 2. The molecular formula is C21H19N3O4S. The van der Waals surface area contributed by atoms with Crippen molar-refractivity contribution >= 4 is 35.1 Å². The van der Waals surface area contributed by atoms with E-state index in [4.69, 9.17) is 0 Å². The van der Waals surface area contributed by atoms with Gasteiger partial charge in [0, 0.05) is 18.7 Å². The Morgan fingerprint density at radius 1 is 1.03 bits per heavy atom. The summed E-state index contributed by atoms with van der Waals surface area (Å²) in [6.45, 7) is 4.17. The van der Waals surface area contributed by atoms with Crippen LogP contribution in [0, 0.1) is 16.0 Å². The van der Waals surface area contributed by atoms with Crippen LogP contribution < -0.4 is 4.90 Å². The molecule has 0 aliphatic carbocycles. The second-order valence-corrected chi connectivity index (χ2v) is 8.40. The summed E-state index contributed by atoms with van der Waals surface area (Å²) >= 11 is 1.53. The minimum Gasteiger partial charge on any atom is -0.306 e. The van der Waals surface area contributed by atoms with Crippen molar-refractivity contribution in [2.45, 2.75) is 25.8 Å². The van der Waals surface area contributed by atoms with Crippen LogP contribution in [0.5, 0.6) is 0 Å². The molecule has 1 fully saturated rings. The van der Waals surface area contributed by atoms with Crippen molar-refractivity contribution in [3.05, 3.63) is 80.8 Å². The Morgan fingerprint density at radius 3 is 2.31 bits per heavy atom. The lowest BCUT2D eigenvalue weighted by Gasteiger charge is -2.42. The van der Waals surface area contributed by atoms with Gasteiger partial charge in [-0.25, -0.2) is 9.69 Å². The van der Waals surface area contributed by atoms with Gasteiger partial charge >= 0.3 is 6.03 Å². The first-order valence-corrected chi connectivity index (χ1v) is 10.0. The topological polar surface area (TPSA) is 83.8 Å². The van der Waals surface area contributed by atoms with Crippen molar-refractivity contribution in [2.24, 2.45) is 5.92 Å². The molecule has 3 amide bonds. The average molecular weight is 409 g/mol. The number of nitrogens with zero attached hydrogens (tertiary/aromatic N) is 3. The smallest absolute Gasteiger partial charge is 0.306 e. The molecule has 2 aromatic rings. The minimum absolute atomic E-state index is 0.00119. The normalized spacial score (nSPS) is 21.6. The van der Waals surface area contributed by atoms with Crippen LogP contribution in [0.1, 0.15) is 19.4 Å². The fourth-order valence-electron chi connectivity index (χ4n) is 3.69. The van der Waals surface area contributed by atoms with Crippen LogP contribution in [0.15, 0.2) is 65.1 Å². The third-order valence-electron chi connectivity index (χ3n) is 5.35. The molecular weight excluding hydrogens is 390 g/mol. The van der Waals surface area contributed by atoms with Gasteiger partial charge in [-0.15, -0.1) is 11.8 Å². The van der Waals surface area contributed by atoms with Gasteiger partial charge in [0.15, 0.2) is 0 Å². The molecule has 0 radical (unpaired) electrons. The maximum Gasteiger partial charge on any atom is 0.332 e. The zero-order chi connectivity index (χ0) is 20.7. The number of fused-ring (bicyclic) bond motifs is 1. The van der Waals surface area contributed by atoms with Crippen LogP contribution in [-0.4, -0.2) is 27.1 Å². The Balaban J connectivity index is 1.71. The molecule has 2 aliphatic heterocycles. The van der Waals surface area contributed by atoms with E-state index in [-0.39, 0.29) is 29.5 Å². The highest BCUT2D eigenvalue weighted by Gasteiger charge is 2.51. The van der Waals surface area contributed by atoms with E-state index in [1.807, 2.05) is 19.9 Å². The molecule has 4 rings (SSSR count). The highest BCUT2D eigenvalue weighted by molar-refractivity contribution is 8.03. The number of allylic oxidation sites excluding steroid dienone is 1. The Bertz CT molecular complexity index is 1020. The lowest BCUT2D eigenvalue weighted by atomic mass is 9.95. The van der Waals surface area contributed by atoms with E-state index >= 15 is 0 Å². The molecule has 0 aromatic heterocycles. The van der Waals surface area contributed by atoms with E-state index in [9.17, 15) is 19.7 Å². The van der Waals surface area contributed by atoms with Crippen molar-refractivity contribution in [1.82, 2.24) is 4.90 Å². The quantitative estimate of drug-likeness (QED) is 0.546. The van der Waals surface area contributed by atoms with E-state index in [1.165, 1.54) is 28.8 Å². The zero-order valence-corrected chi connectivity index (χ0v) is 16.8. The summed E-state index contributed by atoms with van der Waals surface area (Å²) in [7, 11) is 0. The predicted molar refractivity (Wildman–Crippen MR) is 111 cm³/mol. The standard InChI is InChI=1S/C21H19N3O4S/c1-13-14(2)29-20-18(13)19(25)23(16-6-4-3-5-7-16)21(26)22(20)12-15-8-10-17(11-9-15)24(27)28/h3-11,18,20H,12H2,1-2H3. The molecule has 8 heteroatoms. The average Bonchev–Trinajstić information content (AvgIpc) is 3.01. The molecule has 1 saturated heterocycles. The molecule has 148 valence electrons. The van der Waals surface area contributed by atoms with Crippen molar-refractivity contribution in [3.8, 4) is 0 Å². The third kappa shape index (κ3) is 3.29. The van der Waals surface area contributed by atoms with Crippen LogP contribution in [0.4, 0.5) is 16.2 Å². The first-order valence-electron chi connectivity index (χ1n) is 9.15. The molecule has 0 N–H and O–H groups in total. The highest BCUT2D eigenvalue weighted by Crippen LogP contribution is 2.47. The number of hydrogen-bond donors (Lipinski definition) is 0. The summed E-state index contributed by atoms with van der Waals surface area (Å²) in [6, 6.07) is 14.7. The summed E-state index contributed by atoms with van der Waals surface area (Å²) in [4.78, 5) is 41.0. The third-order valence-corrected chi connectivity index (χ3v) is 6.79. The number of urea groups is 1. The highest BCUT2D eigenvalue weighted by atomic mass is 32.2. The monoisotopic (exact) mass is 409 g/mol. The second kappa shape index (κ2) is 7.36. The fraction of sp³-hybridized carbons (Fsp3) is 0.238. The lowest BCUT2D eigenvalue weighted by molar-refractivity contribution is -0.384. The number of amides is 3. The van der Waals surface area contributed by atoms with Gasteiger partial charge in [-0.05, 0) is 42.0 Å². The Morgan fingerprint density at radius 2 is 1.69 bits per heavy atom. The first-order chi connectivity index (χ1) is 13.9. The number of nitro groups is 1. The second-order valence-electron chi connectivity index (χ2n) is 7.07. The lowest BCUT2D eigenvalue weighted by Crippen LogP contribution is -2.59. The summed E-state index contributed by atoms with van der Waals surface area (Å²) in [5.41, 5.74) is 2.29. The van der Waals surface area contributed by atoms with Crippen molar-refractivity contribution in [1.29, 1.82) is 0 Å². The largest absolute Gasteiger partial charge is 0.332 e. The number of benzene rings is 2. The maximum absolute atomic E-state index is 13.4. The van der Waals surface area contributed by atoms with Gasteiger partial charge in [-0.1, -0.05) is 30.3 Å². The number of nitro benzene ring substituents is 1. The van der Waals surface area contributed by atoms with E-state index in [2.05, 4.69) is 0 Å². The summed E-state index contributed by atoms with van der Waals surface area (Å²) in [5, 5.41) is 10.6. The molecule has 2 unspecified atom stereocenters. The van der Waals surface area contributed by atoms with Crippen LogP contribution in [0.2, 0.25) is 0 Å². The molecule has 2 atom stereocenters. The number of para-hydroxylation sites is 1. The number of thioether (sulfide) groups is 1. The van der Waals surface area contributed by atoms with Crippen LogP contribution in [0.3, 0.4) is 0 Å². The number of non-ortho nitro benzene ring substituents is 1. The van der Waals surface area contributed by atoms with Gasteiger partial charge in [0.2, 0.25) is 5.91 Å². The Kier molecular flexibility index (Phi) is 4.87. The van der Waals surface area contributed by atoms with Crippen molar-refractivity contribution in [3.63, 3.8) is 0 Å².